The third-order valence-electron chi connectivity index (χ3n) is 3.70. The topological polar surface area (TPSA) is 48.4 Å². The lowest BCUT2D eigenvalue weighted by molar-refractivity contribution is -0.152. The zero-order valence-electron chi connectivity index (χ0n) is 12.0. The molecule has 1 fully saturated rings. The number of carbonyl (C=O) groups excluding carboxylic acids is 1. The van der Waals surface area contributed by atoms with Gasteiger partial charge in [0.1, 0.15) is 18.6 Å². The Labute approximate surface area is 137 Å². The fourth-order valence-corrected chi connectivity index (χ4v) is 2.33. The van der Waals surface area contributed by atoms with Crippen molar-refractivity contribution < 1.29 is 14.3 Å². The number of esters is 1. The Balaban J connectivity index is 1.52. The number of nitrogens with zero attached hydrogens (tertiary/aromatic N) is 1. The summed E-state index contributed by atoms with van der Waals surface area (Å²) in [4.78, 5) is 16.4. The van der Waals surface area contributed by atoms with Gasteiger partial charge in [0.15, 0.2) is 0 Å². The average molecular weight is 362 g/mol. The van der Waals surface area contributed by atoms with E-state index in [-0.39, 0.29) is 5.97 Å². The molecule has 0 amide bonds. The van der Waals surface area contributed by atoms with Gasteiger partial charge in [-0.25, -0.2) is 4.98 Å². The van der Waals surface area contributed by atoms with E-state index in [1.165, 1.54) is 0 Å². The van der Waals surface area contributed by atoms with Crippen LogP contribution in [-0.2, 0) is 16.1 Å². The van der Waals surface area contributed by atoms with Crippen LogP contribution >= 0.6 is 15.9 Å². The van der Waals surface area contributed by atoms with E-state index < -0.39 is 5.41 Å². The van der Waals surface area contributed by atoms with Crippen molar-refractivity contribution in [3.8, 4) is 5.88 Å². The lowest BCUT2D eigenvalue weighted by Crippen LogP contribution is -2.25. The first-order valence-corrected chi connectivity index (χ1v) is 7.93. The number of hydrogen-bond donors (Lipinski definition) is 0. The summed E-state index contributed by atoms with van der Waals surface area (Å²) in [5.74, 6) is 0.332. The highest BCUT2D eigenvalue weighted by atomic mass is 79.9. The van der Waals surface area contributed by atoms with Crippen LogP contribution in [0.2, 0.25) is 0 Å². The first-order chi connectivity index (χ1) is 10.7. The summed E-state index contributed by atoms with van der Waals surface area (Å²) in [6.45, 7) is 0.618. The van der Waals surface area contributed by atoms with Crippen LogP contribution < -0.4 is 4.74 Å². The molecule has 1 saturated carbocycles. The quantitative estimate of drug-likeness (QED) is 0.735. The number of benzene rings is 1. The van der Waals surface area contributed by atoms with Gasteiger partial charge in [-0.15, -0.1) is 0 Å². The maximum absolute atomic E-state index is 12.2. The molecule has 0 unspecified atom stereocenters. The van der Waals surface area contributed by atoms with Crippen molar-refractivity contribution in [2.75, 3.05) is 6.61 Å². The van der Waals surface area contributed by atoms with Crippen molar-refractivity contribution in [1.82, 2.24) is 4.98 Å². The van der Waals surface area contributed by atoms with Gasteiger partial charge < -0.3 is 9.47 Å². The van der Waals surface area contributed by atoms with E-state index in [0.717, 1.165) is 22.9 Å². The number of aromatic nitrogens is 1. The van der Waals surface area contributed by atoms with Crippen LogP contribution in [0.25, 0.3) is 0 Å². The molecular weight excluding hydrogens is 346 g/mol. The Morgan fingerprint density at radius 1 is 1.18 bits per heavy atom. The van der Waals surface area contributed by atoms with Crippen molar-refractivity contribution in [1.29, 1.82) is 0 Å². The Kier molecular flexibility index (Phi) is 4.43. The maximum Gasteiger partial charge on any atom is 0.315 e. The molecule has 3 rings (SSSR count). The van der Waals surface area contributed by atoms with Gasteiger partial charge >= 0.3 is 5.97 Å². The fraction of sp³-hybridized carbons (Fsp3) is 0.294. The average Bonchev–Trinajstić information content (AvgIpc) is 3.34. The van der Waals surface area contributed by atoms with Gasteiger partial charge in [-0.05, 0) is 40.4 Å². The van der Waals surface area contributed by atoms with E-state index in [2.05, 4.69) is 20.9 Å². The molecule has 1 aromatic carbocycles. The Morgan fingerprint density at radius 3 is 2.59 bits per heavy atom. The third-order valence-corrected chi connectivity index (χ3v) is 4.16. The zero-order valence-corrected chi connectivity index (χ0v) is 13.6. The molecule has 5 heteroatoms. The van der Waals surface area contributed by atoms with Crippen LogP contribution in [-0.4, -0.2) is 17.6 Å². The molecule has 1 aliphatic rings. The smallest absolute Gasteiger partial charge is 0.315 e. The minimum absolute atomic E-state index is 0.187. The van der Waals surface area contributed by atoms with Crippen LogP contribution in [0.3, 0.4) is 0 Å². The summed E-state index contributed by atoms with van der Waals surface area (Å²) >= 11 is 3.32. The monoisotopic (exact) mass is 361 g/mol. The van der Waals surface area contributed by atoms with E-state index in [9.17, 15) is 4.79 Å². The minimum Gasteiger partial charge on any atom is -0.476 e. The summed E-state index contributed by atoms with van der Waals surface area (Å²) in [6, 6.07) is 13.3. The van der Waals surface area contributed by atoms with Crippen LogP contribution in [0, 0.1) is 5.41 Å². The zero-order chi connectivity index (χ0) is 15.4. The minimum atomic E-state index is -0.496. The predicted octanol–water partition coefficient (Wildman–Crippen LogP) is 3.75. The normalized spacial score (nSPS) is 15.1. The van der Waals surface area contributed by atoms with Crippen LogP contribution in [0.15, 0.2) is 53.1 Å². The maximum atomic E-state index is 12.2. The first-order valence-electron chi connectivity index (χ1n) is 7.13. The van der Waals surface area contributed by atoms with Gasteiger partial charge in [0.2, 0.25) is 5.88 Å². The van der Waals surface area contributed by atoms with Gasteiger partial charge in [-0.3, -0.25) is 4.79 Å². The summed E-state index contributed by atoms with van der Waals surface area (Å²) < 4.78 is 11.9. The molecule has 0 atom stereocenters. The van der Waals surface area contributed by atoms with Gasteiger partial charge in [0.05, 0.1) is 0 Å². The molecule has 1 aromatic heterocycles. The molecule has 0 radical (unpaired) electrons. The summed E-state index contributed by atoms with van der Waals surface area (Å²) in [5, 5.41) is 0. The summed E-state index contributed by atoms with van der Waals surface area (Å²) in [6.07, 6.45) is 3.27. The van der Waals surface area contributed by atoms with E-state index in [4.69, 9.17) is 9.47 Å². The largest absolute Gasteiger partial charge is 0.476 e. The van der Waals surface area contributed by atoms with E-state index >= 15 is 0 Å². The predicted molar refractivity (Wildman–Crippen MR) is 85.3 cm³/mol. The van der Waals surface area contributed by atoms with Gasteiger partial charge in [-0.1, -0.05) is 30.3 Å². The van der Waals surface area contributed by atoms with Gasteiger partial charge in [0, 0.05) is 16.7 Å². The van der Waals surface area contributed by atoms with E-state index in [1.54, 1.807) is 12.3 Å². The highest BCUT2D eigenvalue weighted by molar-refractivity contribution is 9.10. The molecule has 22 heavy (non-hydrogen) atoms. The number of ether oxygens (including phenoxy) is 2. The first kappa shape index (κ1) is 15.0. The number of rotatable bonds is 6. The molecule has 0 N–H and O–H groups in total. The molecule has 1 heterocycles. The van der Waals surface area contributed by atoms with E-state index in [0.29, 0.717) is 19.1 Å². The second-order valence-electron chi connectivity index (χ2n) is 5.45. The highest BCUT2D eigenvalue weighted by Crippen LogP contribution is 2.47. The third kappa shape index (κ3) is 3.65. The molecule has 0 bridgehead atoms. The van der Waals surface area contributed by atoms with E-state index in [1.807, 2.05) is 36.4 Å². The molecular formula is C17H16BrNO3. The Morgan fingerprint density at radius 2 is 1.95 bits per heavy atom. The molecule has 2 aromatic rings. The summed E-state index contributed by atoms with van der Waals surface area (Å²) in [7, 11) is 0. The standard InChI is InChI=1S/C17H16BrNO3/c18-14-6-7-15(19-10-14)22-12-17(8-9-17)16(20)21-11-13-4-2-1-3-5-13/h1-7,10H,8-9,11-12H2. The second kappa shape index (κ2) is 6.48. The lowest BCUT2D eigenvalue weighted by atomic mass is 10.1. The van der Waals surface area contributed by atoms with Crippen LogP contribution in [0.1, 0.15) is 18.4 Å². The molecule has 0 aliphatic heterocycles. The summed E-state index contributed by atoms with van der Waals surface area (Å²) in [5.41, 5.74) is 0.492. The second-order valence-corrected chi connectivity index (χ2v) is 6.36. The van der Waals surface area contributed by atoms with Crippen molar-refractivity contribution >= 4 is 21.9 Å². The SMILES string of the molecule is O=C(OCc1ccccc1)C1(COc2ccc(Br)cn2)CC1. The van der Waals surface area contributed by atoms with Crippen molar-refractivity contribution in [2.45, 2.75) is 19.4 Å². The molecule has 1 aliphatic carbocycles. The van der Waals surface area contributed by atoms with Crippen molar-refractivity contribution in [2.24, 2.45) is 5.41 Å². The molecule has 4 nitrogen and oxygen atoms in total. The van der Waals surface area contributed by atoms with Crippen molar-refractivity contribution in [3.63, 3.8) is 0 Å². The lowest BCUT2D eigenvalue weighted by Gasteiger charge is -2.15. The van der Waals surface area contributed by atoms with Crippen molar-refractivity contribution in [3.05, 3.63) is 58.7 Å². The van der Waals surface area contributed by atoms with Gasteiger partial charge in [-0.2, -0.15) is 0 Å². The molecule has 114 valence electrons. The van der Waals surface area contributed by atoms with Gasteiger partial charge in [0.25, 0.3) is 0 Å². The molecule has 0 spiro atoms. The Bertz CT molecular complexity index is 639. The van der Waals surface area contributed by atoms with Crippen LogP contribution in [0.4, 0.5) is 0 Å². The number of halogens is 1. The van der Waals surface area contributed by atoms with Crippen LogP contribution in [0.5, 0.6) is 5.88 Å². The number of pyridine rings is 1. The Hall–Kier alpha value is -1.88. The molecule has 0 saturated heterocycles. The number of carbonyl (C=O) groups is 1. The number of hydrogen-bond acceptors (Lipinski definition) is 4. The highest BCUT2D eigenvalue weighted by Gasteiger charge is 2.52. The fourth-order valence-electron chi connectivity index (χ4n) is 2.09.